The Morgan fingerprint density at radius 3 is 2.85 bits per heavy atom. The van der Waals surface area contributed by atoms with E-state index in [4.69, 9.17) is 15.2 Å². The van der Waals surface area contributed by atoms with E-state index in [9.17, 15) is 4.79 Å². The zero-order valence-corrected chi connectivity index (χ0v) is 12.0. The molecule has 1 saturated carbocycles. The molecule has 0 bridgehead atoms. The number of anilines is 2. The van der Waals surface area contributed by atoms with E-state index in [0.29, 0.717) is 35.6 Å². The van der Waals surface area contributed by atoms with Crippen molar-refractivity contribution in [2.75, 3.05) is 24.8 Å². The van der Waals surface area contributed by atoms with Crippen LogP contribution in [-0.4, -0.2) is 25.7 Å². The summed E-state index contributed by atoms with van der Waals surface area (Å²) < 4.78 is 10.7. The number of hydrogen-bond donors (Lipinski definition) is 2. The Bertz CT molecular complexity index is 470. The third kappa shape index (κ3) is 3.63. The lowest BCUT2D eigenvalue weighted by Gasteiger charge is -2.34. The van der Waals surface area contributed by atoms with Crippen molar-refractivity contribution in [3.8, 4) is 5.75 Å². The van der Waals surface area contributed by atoms with Crippen LogP contribution in [0.5, 0.6) is 5.75 Å². The second kappa shape index (κ2) is 6.61. The molecule has 0 unspecified atom stereocenters. The molecule has 5 heteroatoms. The fourth-order valence-corrected chi connectivity index (χ4v) is 2.49. The Morgan fingerprint density at radius 2 is 2.20 bits per heavy atom. The maximum absolute atomic E-state index is 12.0. The van der Waals surface area contributed by atoms with Crippen molar-refractivity contribution in [2.45, 2.75) is 32.3 Å². The highest BCUT2D eigenvalue weighted by molar-refractivity contribution is 5.92. The van der Waals surface area contributed by atoms with E-state index in [2.05, 4.69) is 5.32 Å². The minimum Gasteiger partial charge on any atom is -0.494 e. The van der Waals surface area contributed by atoms with E-state index in [1.165, 1.54) is 0 Å². The lowest BCUT2D eigenvalue weighted by atomic mass is 9.80. The van der Waals surface area contributed by atoms with Crippen LogP contribution in [0.15, 0.2) is 18.2 Å². The minimum absolute atomic E-state index is 0.00743. The number of ether oxygens (including phenoxy) is 2. The van der Waals surface area contributed by atoms with Crippen LogP contribution >= 0.6 is 0 Å². The summed E-state index contributed by atoms with van der Waals surface area (Å²) in [6.45, 7) is 2.74. The van der Waals surface area contributed by atoms with Crippen LogP contribution in [0.1, 0.15) is 26.2 Å². The molecular formula is C15H22N2O3. The quantitative estimate of drug-likeness (QED) is 0.784. The van der Waals surface area contributed by atoms with Gasteiger partial charge in [-0.25, -0.2) is 0 Å². The Labute approximate surface area is 119 Å². The third-order valence-corrected chi connectivity index (χ3v) is 3.57. The van der Waals surface area contributed by atoms with Crippen molar-refractivity contribution in [1.82, 2.24) is 0 Å². The van der Waals surface area contributed by atoms with Crippen molar-refractivity contribution in [3.05, 3.63) is 18.2 Å². The van der Waals surface area contributed by atoms with E-state index < -0.39 is 0 Å². The second-order valence-electron chi connectivity index (χ2n) is 5.13. The summed E-state index contributed by atoms with van der Waals surface area (Å²) in [5.41, 5.74) is 6.95. The first kappa shape index (κ1) is 14.7. The van der Waals surface area contributed by atoms with E-state index in [1.807, 2.05) is 6.92 Å². The number of hydrogen-bond acceptors (Lipinski definition) is 4. The minimum atomic E-state index is 0.00743. The van der Waals surface area contributed by atoms with Gasteiger partial charge in [0.05, 0.1) is 18.9 Å². The lowest BCUT2D eigenvalue weighted by molar-refractivity contribution is -0.119. The summed E-state index contributed by atoms with van der Waals surface area (Å²) in [7, 11) is 1.56. The molecule has 1 amide bonds. The number of amides is 1. The van der Waals surface area contributed by atoms with Gasteiger partial charge in [-0.3, -0.25) is 4.79 Å². The highest BCUT2D eigenvalue weighted by Crippen LogP contribution is 2.33. The van der Waals surface area contributed by atoms with Crippen molar-refractivity contribution in [3.63, 3.8) is 0 Å². The van der Waals surface area contributed by atoms with Gasteiger partial charge in [0, 0.05) is 24.8 Å². The van der Waals surface area contributed by atoms with Gasteiger partial charge in [-0.15, -0.1) is 0 Å². The van der Waals surface area contributed by atoms with Gasteiger partial charge in [-0.1, -0.05) is 0 Å². The Morgan fingerprint density at radius 1 is 1.45 bits per heavy atom. The summed E-state index contributed by atoms with van der Waals surface area (Å²) >= 11 is 0. The predicted molar refractivity (Wildman–Crippen MR) is 78.8 cm³/mol. The van der Waals surface area contributed by atoms with Crippen molar-refractivity contribution in [1.29, 1.82) is 0 Å². The molecule has 1 fully saturated rings. The van der Waals surface area contributed by atoms with Crippen LogP contribution in [-0.2, 0) is 9.53 Å². The van der Waals surface area contributed by atoms with E-state index in [0.717, 1.165) is 19.4 Å². The lowest BCUT2D eigenvalue weighted by Crippen LogP contribution is -2.33. The number of carbonyl (C=O) groups excluding carboxylic acids is 1. The predicted octanol–water partition coefficient (Wildman–Crippen LogP) is 2.42. The van der Waals surface area contributed by atoms with E-state index in [1.54, 1.807) is 25.3 Å². The summed E-state index contributed by atoms with van der Waals surface area (Å²) in [4.78, 5) is 12.0. The molecule has 3 N–H and O–H groups in total. The number of benzene rings is 1. The first-order valence-corrected chi connectivity index (χ1v) is 6.97. The van der Waals surface area contributed by atoms with Crippen LogP contribution in [0.25, 0.3) is 0 Å². The van der Waals surface area contributed by atoms with Crippen LogP contribution in [0, 0.1) is 5.92 Å². The largest absolute Gasteiger partial charge is 0.494 e. The Hall–Kier alpha value is -1.75. The topological polar surface area (TPSA) is 73.6 Å². The number of nitrogen functional groups attached to an aromatic ring is 1. The normalized spacial score (nSPS) is 21.1. The molecule has 0 radical (unpaired) electrons. The molecule has 0 heterocycles. The zero-order valence-electron chi connectivity index (χ0n) is 12.0. The highest BCUT2D eigenvalue weighted by Gasteiger charge is 2.31. The standard InChI is InChI=1S/C15H22N2O3/c1-3-20-12-6-10(7-12)8-15(18)17-13-5-4-11(16)9-14(13)19-2/h4-5,9-10,12H,3,6-8,16H2,1-2H3,(H,17,18). The number of nitrogens with one attached hydrogen (secondary N) is 1. The molecule has 1 aromatic rings. The molecule has 1 aromatic carbocycles. The van der Waals surface area contributed by atoms with Gasteiger partial charge in [-0.2, -0.15) is 0 Å². The number of nitrogens with two attached hydrogens (primary N) is 1. The summed E-state index contributed by atoms with van der Waals surface area (Å²) in [6.07, 6.45) is 2.81. The summed E-state index contributed by atoms with van der Waals surface area (Å²) in [6, 6.07) is 5.20. The number of rotatable bonds is 6. The van der Waals surface area contributed by atoms with Crippen LogP contribution in [0.3, 0.4) is 0 Å². The molecule has 0 spiro atoms. The van der Waals surface area contributed by atoms with Crippen LogP contribution < -0.4 is 15.8 Å². The molecule has 1 aliphatic rings. The highest BCUT2D eigenvalue weighted by atomic mass is 16.5. The molecule has 20 heavy (non-hydrogen) atoms. The Balaban J connectivity index is 1.83. The monoisotopic (exact) mass is 278 g/mol. The third-order valence-electron chi connectivity index (χ3n) is 3.57. The fourth-order valence-electron chi connectivity index (χ4n) is 2.49. The van der Waals surface area contributed by atoms with Gasteiger partial charge in [0.25, 0.3) is 0 Å². The Kier molecular flexibility index (Phi) is 4.84. The molecule has 2 rings (SSSR count). The molecule has 0 aliphatic heterocycles. The SMILES string of the molecule is CCOC1CC(CC(=O)Nc2ccc(N)cc2OC)C1. The number of carbonyl (C=O) groups is 1. The van der Waals surface area contributed by atoms with E-state index in [-0.39, 0.29) is 5.91 Å². The second-order valence-corrected chi connectivity index (χ2v) is 5.13. The molecule has 1 aliphatic carbocycles. The molecule has 0 aromatic heterocycles. The molecule has 110 valence electrons. The van der Waals surface area contributed by atoms with Gasteiger partial charge >= 0.3 is 0 Å². The van der Waals surface area contributed by atoms with E-state index >= 15 is 0 Å². The first-order chi connectivity index (χ1) is 9.62. The molecular weight excluding hydrogens is 256 g/mol. The molecule has 0 atom stereocenters. The van der Waals surface area contributed by atoms with Crippen molar-refractivity contribution < 1.29 is 14.3 Å². The van der Waals surface area contributed by atoms with Crippen LogP contribution in [0.4, 0.5) is 11.4 Å². The van der Waals surface area contributed by atoms with Gasteiger partial charge in [0.1, 0.15) is 5.75 Å². The van der Waals surface area contributed by atoms with Crippen LogP contribution in [0.2, 0.25) is 0 Å². The molecule has 0 saturated heterocycles. The van der Waals surface area contributed by atoms with Gasteiger partial charge in [-0.05, 0) is 37.8 Å². The summed E-state index contributed by atoms with van der Waals surface area (Å²) in [5.74, 6) is 1.01. The first-order valence-electron chi connectivity index (χ1n) is 6.97. The summed E-state index contributed by atoms with van der Waals surface area (Å²) in [5, 5.41) is 2.87. The van der Waals surface area contributed by atoms with Gasteiger partial charge in [0.2, 0.25) is 5.91 Å². The van der Waals surface area contributed by atoms with Gasteiger partial charge in [0.15, 0.2) is 0 Å². The fraction of sp³-hybridized carbons (Fsp3) is 0.533. The smallest absolute Gasteiger partial charge is 0.224 e. The van der Waals surface area contributed by atoms with Crippen molar-refractivity contribution in [2.24, 2.45) is 5.92 Å². The van der Waals surface area contributed by atoms with Gasteiger partial charge < -0.3 is 20.5 Å². The number of methoxy groups -OCH3 is 1. The maximum Gasteiger partial charge on any atom is 0.224 e. The maximum atomic E-state index is 12.0. The average molecular weight is 278 g/mol. The van der Waals surface area contributed by atoms with Crippen molar-refractivity contribution >= 4 is 17.3 Å². The zero-order chi connectivity index (χ0) is 14.5. The molecule has 5 nitrogen and oxygen atoms in total. The average Bonchev–Trinajstić information content (AvgIpc) is 2.38.